The quantitative estimate of drug-likeness (QED) is 0.760. The maximum Gasteiger partial charge on any atom is 0.00926 e. The first-order valence-corrected chi connectivity index (χ1v) is 7.58. The molecule has 0 aromatic heterocycles. The van der Waals surface area contributed by atoms with Crippen LogP contribution in [0.25, 0.3) is 0 Å². The molecule has 0 amide bonds. The van der Waals surface area contributed by atoms with E-state index in [4.69, 9.17) is 0 Å². The van der Waals surface area contributed by atoms with Gasteiger partial charge >= 0.3 is 0 Å². The van der Waals surface area contributed by atoms with Gasteiger partial charge in [0, 0.05) is 6.04 Å². The van der Waals surface area contributed by atoms with Gasteiger partial charge in [-0.05, 0) is 50.0 Å². The van der Waals surface area contributed by atoms with Gasteiger partial charge in [-0.25, -0.2) is 0 Å². The van der Waals surface area contributed by atoms with E-state index in [1.165, 1.54) is 51.4 Å². The highest BCUT2D eigenvalue weighted by Gasteiger charge is 2.34. The summed E-state index contributed by atoms with van der Waals surface area (Å²) in [6.07, 6.45) is 11.9. The average Bonchev–Trinajstić information content (AvgIpc) is 2.35. The van der Waals surface area contributed by atoms with E-state index >= 15 is 0 Å². The van der Waals surface area contributed by atoms with Crippen LogP contribution in [0.15, 0.2) is 0 Å². The van der Waals surface area contributed by atoms with Gasteiger partial charge in [-0.3, -0.25) is 0 Å². The Hall–Kier alpha value is -0.0400. The molecule has 0 aromatic carbocycles. The fourth-order valence-corrected chi connectivity index (χ4v) is 4.18. The van der Waals surface area contributed by atoms with Crippen LogP contribution < -0.4 is 5.32 Å². The van der Waals surface area contributed by atoms with Gasteiger partial charge in [-0.2, -0.15) is 0 Å². The molecule has 1 nitrogen and oxygen atoms in total. The largest absolute Gasteiger partial charge is 0.314 e. The number of hydrogen-bond acceptors (Lipinski definition) is 1. The molecule has 2 rings (SSSR count). The van der Waals surface area contributed by atoms with Gasteiger partial charge in [-0.15, -0.1) is 0 Å². The van der Waals surface area contributed by atoms with Crippen molar-refractivity contribution >= 4 is 0 Å². The van der Waals surface area contributed by atoms with Crippen molar-refractivity contribution in [2.75, 3.05) is 6.54 Å². The van der Waals surface area contributed by atoms with E-state index in [9.17, 15) is 0 Å². The van der Waals surface area contributed by atoms with E-state index < -0.39 is 0 Å². The highest BCUT2D eigenvalue weighted by molar-refractivity contribution is 4.87. The van der Waals surface area contributed by atoms with Crippen molar-refractivity contribution in [3.63, 3.8) is 0 Å². The minimum atomic E-state index is 0.799. The van der Waals surface area contributed by atoms with Crippen LogP contribution in [-0.4, -0.2) is 12.6 Å². The second-order valence-corrected chi connectivity index (χ2v) is 5.95. The van der Waals surface area contributed by atoms with Crippen molar-refractivity contribution in [3.8, 4) is 0 Å². The smallest absolute Gasteiger partial charge is 0.00926 e. The van der Waals surface area contributed by atoms with E-state index in [0.717, 1.165) is 30.3 Å². The first-order valence-electron chi connectivity index (χ1n) is 7.58. The van der Waals surface area contributed by atoms with Gasteiger partial charge in [0.1, 0.15) is 0 Å². The van der Waals surface area contributed by atoms with Crippen molar-refractivity contribution in [1.29, 1.82) is 0 Å². The standard InChI is InChI=1S/C15H29N/c1-3-15(16-4-2)14-10-9-12-7-5-6-8-13(12)11-14/h12-16H,3-11H2,1-2H3. The first-order chi connectivity index (χ1) is 7.85. The van der Waals surface area contributed by atoms with Crippen LogP contribution in [0.1, 0.15) is 65.2 Å². The third kappa shape index (κ3) is 2.80. The molecule has 1 heteroatoms. The summed E-state index contributed by atoms with van der Waals surface area (Å²) in [5.41, 5.74) is 0. The molecule has 0 heterocycles. The van der Waals surface area contributed by atoms with Gasteiger partial charge in [0.25, 0.3) is 0 Å². The molecule has 2 aliphatic rings. The monoisotopic (exact) mass is 223 g/mol. The van der Waals surface area contributed by atoms with E-state index in [1.807, 2.05) is 0 Å². The summed E-state index contributed by atoms with van der Waals surface area (Å²) in [6.45, 7) is 5.73. The van der Waals surface area contributed by atoms with Gasteiger partial charge in [-0.1, -0.05) is 39.5 Å². The molecular weight excluding hydrogens is 194 g/mol. The van der Waals surface area contributed by atoms with Crippen LogP contribution in [0.5, 0.6) is 0 Å². The minimum Gasteiger partial charge on any atom is -0.314 e. The van der Waals surface area contributed by atoms with Crippen molar-refractivity contribution in [1.82, 2.24) is 5.32 Å². The van der Waals surface area contributed by atoms with Crippen molar-refractivity contribution in [3.05, 3.63) is 0 Å². The molecule has 2 aliphatic carbocycles. The van der Waals surface area contributed by atoms with Crippen molar-refractivity contribution in [2.24, 2.45) is 17.8 Å². The third-order valence-corrected chi connectivity index (χ3v) is 5.06. The predicted octanol–water partition coefficient (Wildman–Crippen LogP) is 3.98. The van der Waals surface area contributed by atoms with E-state index in [-0.39, 0.29) is 0 Å². The fourth-order valence-electron chi connectivity index (χ4n) is 4.18. The summed E-state index contributed by atoms with van der Waals surface area (Å²) in [7, 11) is 0. The Kier molecular flexibility index (Phi) is 4.69. The minimum absolute atomic E-state index is 0.799. The zero-order valence-corrected chi connectivity index (χ0v) is 11.2. The van der Waals surface area contributed by atoms with E-state index in [0.29, 0.717) is 0 Å². The number of rotatable bonds is 4. The highest BCUT2D eigenvalue weighted by Crippen LogP contribution is 2.43. The predicted molar refractivity (Wildman–Crippen MR) is 70.5 cm³/mol. The number of fused-ring (bicyclic) bond motifs is 1. The Morgan fingerprint density at radius 2 is 1.75 bits per heavy atom. The van der Waals surface area contributed by atoms with Gasteiger partial charge in [0.05, 0.1) is 0 Å². The molecule has 94 valence electrons. The summed E-state index contributed by atoms with van der Waals surface area (Å²) in [4.78, 5) is 0. The van der Waals surface area contributed by atoms with Crippen LogP contribution in [-0.2, 0) is 0 Å². The van der Waals surface area contributed by atoms with Crippen molar-refractivity contribution in [2.45, 2.75) is 71.3 Å². The molecule has 2 saturated carbocycles. The molecule has 16 heavy (non-hydrogen) atoms. The molecule has 2 fully saturated rings. The van der Waals surface area contributed by atoms with E-state index in [1.54, 1.807) is 0 Å². The highest BCUT2D eigenvalue weighted by atomic mass is 14.9. The molecule has 0 aromatic rings. The van der Waals surface area contributed by atoms with E-state index in [2.05, 4.69) is 19.2 Å². The van der Waals surface area contributed by atoms with Crippen LogP contribution in [0, 0.1) is 17.8 Å². The molecule has 0 aliphatic heterocycles. The molecule has 0 spiro atoms. The molecule has 4 unspecified atom stereocenters. The Morgan fingerprint density at radius 3 is 2.44 bits per heavy atom. The van der Waals surface area contributed by atoms with Crippen LogP contribution >= 0.6 is 0 Å². The molecular formula is C15H29N. The van der Waals surface area contributed by atoms with Crippen LogP contribution in [0.3, 0.4) is 0 Å². The third-order valence-electron chi connectivity index (χ3n) is 5.06. The summed E-state index contributed by atoms with van der Waals surface area (Å²) >= 11 is 0. The zero-order chi connectivity index (χ0) is 11.4. The maximum atomic E-state index is 3.70. The van der Waals surface area contributed by atoms with Gasteiger partial charge in [0.15, 0.2) is 0 Å². The molecule has 0 bridgehead atoms. The summed E-state index contributed by atoms with van der Waals surface area (Å²) < 4.78 is 0. The van der Waals surface area contributed by atoms with Crippen LogP contribution in [0.4, 0.5) is 0 Å². The average molecular weight is 223 g/mol. The lowest BCUT2D eigenvalue weighted by atomic mass is 9.66. The Balaban J connectivity index is 1.88. The fraction of sp³-hybridized carbons (Fsp3) is 1.00. The van der Waals surface area contributed by atoms with Gasteiger partial charge in [0.2, 0.25) is 0 Å². The zero-order valence-electron chi connectivity index (χ0n) is 11.2. The molecule has 1 N–H and O–H groups in total. The summed E-state index contributed by atoms with van der Waals surface area (Å²) in [5.74, 6) is 3.16. The normalized spacial score (nSPS) is 36.8. The molecule has 0 saturated heterocycles. The molecule has 0 radical (unpaired) electrons. The Morgan fingerprint density at radius 1 is 1.00 bits per heavy atom. The SMILES string of the molecule is CCNC(CC)C1CCC2CCCCC2C1. The topological polar surface area (TPSA) is 12.0 Å². The summed E-state index contributed by atoms with van der Waals surface area (Å²) in [6, 6.07) is 0.799. The second kappa shape index (κ2) is 6.05. The van der Waals surface area contributed by atoms with Crippen LogP contribution in [0.2, 0.25) is 0 Å². The second-order valence-electron chi connectivity index (χ2n) is 5.95. The maximum absolute atomic E-state index is 3.70. The lowest BCUT2D eigenvalue weighted by molar-refractivity contribution is 0.109. The lowest BCUT2D eigenvalue weighted by Gasteiger charge is -2.42. The number of nitrogens with one attached hydrogen (secondary N) is 1. The number of hydrogen-bond donors (Lipinski definition) is 1. The Bertz CT molecular complexity index is 202. The van der Waals surface area contributed by atoms with Gasteiger partial charge < -0.3 is 5.32 Å². The Labute approximate surface area is 101 Å². The first kappa shape index (κ1) is 12.4. The summed E-state index contributed by atoms with van der Waals surface area (Å²) in [5, 5.41) is 3.70. The lowest BCUT2D eigenvalue weighted by Crippen LogP contribution is -2.40. The molecule has 4 atom stereocenters. The van der Waals surface area contributed by atoms with Crippen molar-refractivity contribution < 1.29 is 0 Å².